The second-order valence-electron chi connectivity index (χ2n) is 5.57. The Morgan fingerprint density at radius 3 is 2.78 bits per heavy atom. The molecule has 2 aromatic carbocycles. The average molecular weight is 370 g/mol. The van der Waals surface area contributed by atoms with Crippen LogP contribution in [0.25, 0.3) is 17.1 Å². The summed E-state index contributed by atoms with van der Waals surface area (Å²) in [6, 6.07) is 13.4. The van der Waals surface area contributed by atoms with Gasteiger partial charge in [0.1, 0.15) is 12.4 Å². The first kappa shape index (κ1) is 18.5. The van der Waals surface area contributed by atoms with Crippen molar-refractivity contribution in [1.82, 2.24) is 14.8 Å². The van der Waals surface area contributed by atoms with Gasteiger partial charge in [-0.05, 0) is 37.3 Å². The number of halogens is 1. The van der Waals surface area contributed by atoms with E-state index in [9.17, 15) is 9.18 Å². The van der Waals surface area contributed by atoms with Gasteiger partial charge >= 0.3 is 6.01 Å². The summed E-state index contributed by atoms with van der Waals surface area (Å²) < 4.78 is 26.0. The van der Waals surface area contributed by atoms with Crippen LogP contribution in [-0.2, 0) is 9.53 Å². The molecule has 140 valence electrons. The first-order chi connectivity index (χ1) is 13.1. The number of amides is 1. The van der Waals surface area contributed by atoms with Gasteiger partial charge in [-0.15, -0.1) is 5.10 Å². The largest absolute Gasteiger partial charge is 0.463 e. The second-order valence-corrected chi connectivity index (χ2v) is 5.57. The number of hydrogen-bond acceptors (Lipinski definition) is 5. The van der Waals surface area contributed by atoms with E-state index in [-0.39, 0.29) is 18.5 Å². The maximum absolute atomic E-state index is 14.3. The second kappa shape index (κ2) is 8.41. The molecule has 0 atom stereocenters. The highest BCUT2D eigenvalue weighted by Gasteiger charge is 2.17. The SMILES string of the molecule is CCOc1nc(-c2ccccc2F)n(-c2cccc(NC(=O)COC)c2)n1. The van der Waals surface area contributed by atoms with Crippen LogP contribution in [0.3, 0.4) is 0 Å². The van der Waals surface area contributed by atoms with Gasteiger partial charge < -0.3 is 14.8 Å². The number of carbonyl (C=O) groups excluding carboxylic acids is 1. The molecule has 0 unspecified atom stereocenters. The lowest BCUT2D eigenvalue weighted by Gasteiger charge is -2.09. The van der Waals surface area contributed by atoms with Crippen molar-refractivity contribution in [3.8, 4) is 23.1 Å². The summed E-state index contributed by atoms with van der Waals surface area (Å²) >= 11 is 0. The van der Waals surface area contributed by atoms with Crippen molar-refractivity contribution in [1.29, 1.82) is 0 Å². The van der Waals surface area contributed by atoms with Gasteiger partial charge in [-0.25, -0.2) is 9.07 Å². The molecule has 27 heavy (non-hydrogen) atoms. The van der Waals surface area contributed by atoms with Crippen LogP contribution < -0.4 is 10.1 Å². The third-order valence-corrected chi connectivity index (χ3v) is 3.63. The molecular weight excluding hydrogens is 351 g/mol. The number of carbonyl (C=O) groups is 1. The lowest BCUT2D eigenvalue weighted by molar-refractivity contribution is -0.119. The van der Waals surface area contributed by atoms with E-state index in [0.717, 1.165) is 0 Å². The van der Waals surface area contributed by atoms with E-state index in [1.807, 2.05) is 6.92 Å². The van der Waals surface area contributed by atoms with Crippen LogP contribution in [0.15, 0.2) is 48.5 Å². The van der Waals surface area contributed by atoms with Gasteiger partial charge in [0.25, 0.3) is 0 Å². The highest BCUT2D eigenvalue weighted by atomic mass is 19.1. The molecule has 7 nitrogen and oxygen atoms in total. The van der Waals surface area contributed by atoms with Gasteiger partial charge in [0.15, 0.2) is 5.82 Å². The van der Waals surface area contributed by atoms with Crippen molar-refractivity contribution >= 4 is 11.6 Å². The predicted molar refractivity (Wildman–Crippen MR) is 98.4 cm³/mol. The smallest absolute Gasteiger partial charge is 0.336 e. The Balaban J connectivity index is 2.03. The average Bonchev–Trinajstić information content (AvgIpc) is 3.06. The first-order valence-electron chi connectivity index (χ1n) is 8.36. The van der Waals surface area contributed by atoms with Crippen molar-refractivity contribution < 1.29 is 18.7 Å². The Kier molecular flexibility index (Phi) is 5.77. The summed E-state index contributed by atoms with van der Waals surface area (Å²) in [7, 11) is 1.45. The van der Waals surface area contributed by atoms with E-state index in [2.05, 4.69) is 15.4 Å². The summed E-state index contributed by atoms with van der Waals surface area (Å²) in [5.41, 5.74) is 1.45. The fraction of sp³-hybridized carbons (Fsp3) is 0.211. The lowest BCUT2D eigenvalue weighted by Crippen LogP contribution is -2.17. The summed E-state index contributed by atoms with van der Waals surface area (Å²) in [4.78, 5) is 16.1. The number of anilines is 1. The summed E-state index contributed by atoms with van der Waals surface area (Å²) in [6.07, 6.45) is 0. The fourth-order valence-corrected chi connectivity index (χ4v) is 2.52. The predicted octanol–water partition coefficient (Wildman–Crippen LogP) is 3.06. The highest BCUT2D eigenvalue weighted by Crippen LogP contribution is 2.26. The Morgan fingerprint density at radius 1 is 1.22 bits per heavy atom. The topological polar surface area (TPSA) is 78.3 Å². The molecule has 0 radical (unpaired) electrons. The monoisotopic (exact) mass is 370 g/mol. The molecule has 1 N–H and O–H groups in total. The molecule has 0 saturated carbocycles. The van der Waals surface area contributed by atoms with Crippen LogP contribution in [0.1, 0.15) is 6.92 Å². The van der Waals surface area contributed by atoms with Crippen LogP contribution in [0, 0.1) is 5.82 Å². The van der Waals surface area contributed by atoms with Gasteiger partial charge in [-0.3, -0.25) is 4.79 Å². The number of benzene rings is 2. The maximum Gasteiger partial charge on any atom is 0.336 e. The maximum atomic E-state index is 14.3. The van der Waals surface area contributed by atoms with Crippen LogP contribution in [0.2, 0.25) is 0 Å². The molecule has 1 aromatic heterocycles. The minimum Gasteiger partial charge on any atom is -0.463 e. The number of methoxy groups -OCH3 is 1. The normalized spacial score (nSPS) is 10.6. The Labute approximate surface area is 155 Å². The summed E-state index contributed by atoms with van der Waals surface area (Å²) in [5.74, 6) is -0.395. The van der Waals surface area contributed by atoms with E-state index in [4.69, 9.17) is 9.47 Å². The van der Waals surface area contributed by atoms with Crippen LogP contribution in [0.5, 0.6) is 6.01 Å². The molecule has 0 aliphatic carbocycles. The van der Waals surface area contributed by atoms with Crippen LogP contribution in [0.4, 0.5) is 10.1 Å². The van der Waals surface area contributed by atoms with Crippen molar-refractivity contribution in [3.63, 3.8) is 0 Å². The first-order valence-corrected chi connectivity index (χ1v) is 8.36. The number of ether oxygens (including phenoxy) is 2. The van der Waals surface area contributed by atoms with Crippen LogP contribution in [-0.4, -0.2) is 41.0 Å². The molecule has 1 amide bonds. The number of nitrogens with one attached hydrogen (secondary N) is 1. The number of hydrogen-bond donors (Lipinski definition) is 1. The van der Waals surface area contributed by atoms with E-state index in [1.54, 1.807) is 42.5 Å². The van der Waals surface area contributed by atoms with Gasteiger partial charge in [0.2, 0.25) is 5.91 Å². The minimum atomic E-state index is -0.418. The van der Waals surface area contributed by atoms with E-state index < -0.39 is 5.82 Å². The minimum absolute atomic E-state index is 0.0531. The van der Waals surface area contributed by atoms with E-state index in [1.165, 1.54) is 17.9 Å². The molecule has 0 aliphatic heterocycles. The zero-order valence-electron chi connectivity index (χ0n) is 15.0. The standard InChI is InChI=1S/C19H19FN4O3/c1-3-27-19-22-18(15-9-4-5-10-16(15)20)24(23-19)14-8-6-7-13(11-14)21-17(25)12-26-2/h4-11H,3,12H2,1-2H3,(H,21,25). The molecule has 8 heteroatoms. The third-order valence-electron chi connectivity index (χ3n) is 3.63. The van der Waals surface area contributed by atoms with Gasteiger partial charge in [-0.1, -0.05) is 18.2 Å². The molecule has 0 bridgehead atoms. The zero-order valence-corrected chi connectivity index (χ0v) is 15.0. The number of aromatic nitrogens is 3. The van der Waals surface area contributed by atoms with Crippen molar-refractivity contribution in [2.75, 3.05) is 25.6 Å². The van der Waals surface area contributed by atoms with Gasteiger partial charge in [0.05, 0.1) is 17.9 Å². The van der Waals surface area contributed by atoms with Gasteiger partial charge in [0, 0.05) is 12.8 Å². The molecular formula is C19H19FN4O3. The molecule has 1 heterocycles. The van der Waals surface area contributed by atoms with E-state index in [0.29, 0.717) is 29.4 Å². The van der Waals surface area contributed by atoms with Crippen molar-refractivity contribution in [2.24, 2.45) is 0 Å². The Morgan fingerprint density at radius 2 is 2.04 bits per heavy atom. The summed E-state index contributed by atoms with van der Waals surface area (Å²) in [5, 5.41) is 7.05. The highest BCUT2D eigenvalue weighted by molar-refractivity contribution is 5.91. The van der Waals surface area contributed by atoms with Crippen LogP contribution >= 0.6 is 0 Å². The Bertz CT molecular complexity index is 942. The molecule has 3 aromatic rings. The third kappa shape index (κ3) is 4.29. The molecule has 0 aliphatic rings. The van der Waals surface area contributed by atoms with Gasteiger partial charge in [-0.2, -0.15) is 4.98 Å². The van der Waals surface area contributed by atoms with Crippen molar-refractivity contribution in [3.05, 3.63) is 54.3 Å². The van der Waals surface area contributed by atoms with Crippen molar-refractivity contribution in [2.45, 2.75) is 6.92 Å². The number of rotatable bonds is 7. The fourth-order valence-electron chi connectivity index (χ4n) is 2.52. The van der Waals surface area contributed by atoms with E-state index >= 15 is 0 Å². The molecule has 0 spiro atoms. The quantitative estimate of drug-likeness (QED) is 0.692. The zero-order chi connectivity index (χ0) is 19.2. The Hall–Kier alpha value is -3.26. The summed E-state index contributed by atoms with van der Waals surface area (Å²) in [6.45, 7) is 2.14. The lowest BCUT2D eigenvalue weighted by atomic mass is 10.2. The molecule has 0 fully saturated rings. The molecule has 3 rings (SSSR count). The molecule has 0 saturated heterocycles. The number of nitrogens with zero attached hydrogens (tertiary/aromatic N) is 3.